The first-order chi connectivity index (χ1) is 5.74. The van der Waals surface area contributed by atoms with Gasteiger partial charge in [-0.2, -0.15) is 0 Å². The molecule has 0 spiro atoms. The number of unbranched alkanes of at least 4 members (excludes halogenated alkanes) is 1. The Morgan fingerprint density at radius 1 is 1.33 bits per heavy atom. The van der Waals surface area contributed by atoms with E-state index in [1.807, 2.05) is 0 Å². The van der Waals surface area contributed by atoms with Gasteiger partial charge >= 0.3 is 0 Å². The molecule has 2 unspecified atom stereocenters. The molecule has 0 aromatic carbocycles. The molecule has 0 rings (SSSR count). The standard InChI is InChI=1S/C12H24/c1-5-8-9-12(7-3)10-11(4)6-2/h7,11-12H,3,5-6,8-10H2,1-2,4H3. The molecule has 0 heterocycles. The van der Waals surface area contributed by atoms with E-state index in [2.05, 4.69) is 33.4 Å². The third-order valence-electron chi connectivity index (χ3n) is 2.66. The molecule has 0 aliphatic heterocycles. The van der Waals surface area contributed by atoms with Crippen LogP contribution in [0.4, 0.5) is 0 Å². The van der Waals surface area contributed by atoms with Gasteiger partial charge in [-0.25, -0.2) is 0 Å². The average molecular weight is 168 g/mol. The van der Waals surface area contributed by atoms with Crippen LogP contribution in [0, 0.1) is 11.8 Å². The van der Waals surface area contributed by atoms with Gasteiger partial charge in [0.2, 0.25) is 0 Å². The summed E-state index contributed by atoms with van der Waals surface area (Å²) in [5.41, 5.74) is 0. The van der Waals surface area contributed by atoms with Gasteiger partial charge in [-0.15, -0.1) is 6.58 Å². The molecule has 0 radical (unpaired) electrons. The molecule has 72 valence electrons. The molecule has 0 aliphatic carbocycles. The summed E-state index contributed by atoms with van der Waals surface area (Å²) in [4.78, 5) is 0. The summed E-state index contributed by atoms with van der Waals surface area (Å²) in [6.45, 7) is 10.8. The van der Waals surface area contributed by atoms with Gasteiger partial charge < -0.3 is 0 Å². The second-order valence-electron chi connectivity index (χ2n) is 3.89. The third kappa shape index (κ3) is 5.40. The zero-order valence-electron chi connectivity index (χ0n) is 8.97. The summed E-state index contributed by atoms with van der Waals surface area (Å²) < 4.78 is 0. The normalized spacial score (nSPS) is 15.6. The zero-order chi connectivity index (χ0) is 9.40. The molecule has 12 heavy (non-hydrogen) atoms. The predicted molar refractivity (Wildman–Crippen MR) is 57.3 cm³/mol. The van der Waals surface area contributed by atoms with Crippen molar-refractivity contribution >= 4 is 0 Å². The van der Waals surface area contributed by atoms with Crippen LogP contribution in [0.2, 0.25) is 0 Å². The number of rotatable bonds is 7. The van der Waals surface area contributed by atoms with Crippen LogP contribution < -0.4 is 0 Å². The van der Waals surface area contributed by atoms with Crippen molar-refractivity contribution in [2.45, 2.75) is 52.9 Å². The molecule has 0 aromatic heterocycles. The maximum Gasteiger partial charge on any atom is -0.0234 e. The first-order valence-electron chi connectivity index (χ1n) is 5.37. The second-order valence-corrected chi connectivity index (χ2v) is 3.89. The molecule has 0 nitrogen and oxygen atoms in total. The molecule has 2 atom stereocenters. The Kier molecular flexibility index (Phi) is 7.23. The highest BCUT2D eigenvalue weighted by Gasteiger charge is 2.07. The predicted octanol–water partition coefficient (Wildman–Crippen LogP) is 4.42. The summed E-state index contributed by atoms with van der Waals surface area (Å²) in [5, 5.41) is 0. The van der Waals surface area contributed by atoms with Crippen LogP contribution >= 0.6 is 0 Å². The van der Waals surface area contributed by atoms with E-state index in [4.69, 9.17) is 0 Å². The fraction of sp³-hybridized carbons (Fsp3) is 0.833. The van der Waals surface area contributed by atoms with Gasteiger partial charge in [0.05, 0.1) is 0 Å². The Morgan fingerprint density at radius 2 is 2.00 bits per heavy atom. The monoisotopic (exact) mass is 168 g/mol. The van der Waals surface area contributed by atoms with E-state index in [-0.39, 0.29) is 0 Å². The Labute approximate surface area is 78.1 Å². The number of hydrogen-bond donors (Lipinski definition) is 0. The third-order valence-corrected chi connectivity index (χ3v) is 2.66. The van der Waals surface area contributed by atoms with E-state index in [1.54, 1.807) is 0 Å². The summed E-state index contributed by atoms with van der Waals surface area (Å²) in [6, 6.07) is 0. The van der Waals surface area contributed by atoms with Gasteiger partial charge in [0.1, 0.15) is 0 Å². The first kappa shape index (κ1) is 11.7. The molecule has 0 heteroatoms. The smallest absolute Gasteiger partial charge is 0.0234 e. The van der Waals surface area contributed by atoms with Crippen molar-refractivity contribution in [1.82, 2.24) is 0 Å². The Balaban J connectivity index is 3.59. The van der Waals surface area contributed by atoms with E-state index in [1.165, 1.54) is 32.1 Å². The molecule has 0 aromatic rings. The summed E-state index contributed by atoms with van der Waals surface area (Å²) >= 11 is 0. The van der Waals surface area contributed by atoms with E-state index in [0.717, 1.165) is 11.8 Å². The second kappa shape index (κ2) is 7.39. The van der Waals surface area contributed by atoms with Crippen LogP contribution in [-0.4, -0.2) is 0 Å². The first-order valence-corrected chi connectivity index (χ1v) is 5.37. The Hall–Kier alpha value is -0.260. The lowest BCUT2D eigenvalue weighted by molar-refractivity contribution is 0.409. The fourth-order valence-corrected chi connectivity index (χ4v) is 1.48. The minimum Gasteiger partial charge on any atom is -0.103 e. The van der Waals surface area contributed by atoms with E-state index in [9.17, 15) is 0 Å². The van der Waals surface area contributed by atoms with Crippen LogP contribution in [0.15, 0.2) is 12.7 Å². The highest BCUT2D eigenvalue weighted by molar-refractivity contribution is 4.79. The lowest BCUT2D eigenvalue weighted by Crippen LogP contribution is -2.03. The maximum atomic E-state index is 3.90. The van der Waals surface area contributed by atoms with E-state index >= 15 is 0 Å². The van der Waals surface area contributed by atoms with E-state index in [0.29, 0.717) is 0 Å². The summed E-state index contributed by atoms with van der Waals surface area (Å²) in [6.07, 6.45) is 8.78. The van der Waals surface area contributed by atoms with Gasteiger partial charge in [0, 0.05) is 0 Å². The van der Waals surface area contributed by atoms with Gasteiger partial charge in [-0.05, 0) is 24.7 Å². The molecule has 0 N–H and O–H groups in total. The molecule has 0 saturated heterocycles. The summed E-state index contributed by atoms with van der Waals surface area (Å²) in [5.74, 6) is 1.63. The van der Waals surface area contributed by atoms with Crippen LogP contribution in [0.5, 0.6) is 0 Å². The van der Waals surface area contributed by atoms with Crippen molar-refractivity contribution in [2.24, 2.45) is 11.8 Å². The topological polar surface area (TPSA) is 0 Å². The molecule has 0 bridgehead atoms. The zero-order valence-corrected chi connectivity index (χ0v) is 8.97. The van der Waals surface area contributed by atoms with Crippen molar-refractivity contribution in [3.63, 3.8) is 0 Å². The molecule has 0 aliphatic rings. The SMILES string of the molecule is C=CC(CCCC)CC(C)CC. The van der Waals surface area contributed by atoms with Crippen molar-refractivity contribution in [2.75, 3.05) is 0 Å². The average Bonchev–Trinajstić information content (AvgIpc) is 2.11. The quantitative estimate of drug-likeness (QED) is 0.494. The fourth-order valence-electron chi connectivity index (χ4n) is 1.48. The van der Waals surface area contributed by atoms with Gasteiger partial charge in [-0.3, -0.25) is 0 Å². The molecule has 0 fully saturated rings. The Morgan fingerprint density at radius 3 is 2.42 bits per heavy atom. The van der Waals surface area contributed by atoms with Crippen LogP contribution in [0.1, 0.15) is 52.9 Å². The Bertz CT molecular complexity index is 105. The van der Waals surface area contributed by atoms with Crippen molar-refractivity contribution in [3.8, 4) is 0 Å². The van der Waals surface area contributed by atoms with Gasteiger partial charge in [0.25, 0.3) is 0 Å². The van der Waals surface area contributed by atoms with Crippen molar-refractivity contribution < 1.29 is 0 Å². The largest absolute Gasteiger partial charge is 0.103 e. The van der Waals surface area contributed by atoms with E-state index < -0.39 is 0 Å². The highest BCUT2D eigenvalue weighted by Crippen LogP contribution is 2.20. The minimum atomic E-state index is 0.764. The highest BCUT2D eigenvalue weighted by atomic mass is 14.1. The molecule has 0 amide bonds. The minimum absolute atomic E-state index is 0.764. The van der Waals surface area contributed by atoms with Crippen LogP contribution in [0.25, 0.3) is 0 Å². The number of hydrogen-bond acceptors (Lipinski definition) is 0. The lowest BCUT2D eigenvalue weighted by atomic mass is 9.90. The van der Waals surface area contributed by atoms with Crippen molar-refractivity contribution in [1.29, 1.82) is 0 Å². The summed E-state index contributed by atoms with van der Waals surface area (Å²) in [7, 11) is 0. The van der Waals surface area contributed by atoms with Crippen LogP contribution in [0.3, 0.4) is 0 Å². The van der Waals surface area contributed by atoms with Crippen LogP contribution in [-0.2, 0) is 0 Å². The molecule has 0 saturated carbocycles. The lowest BCUT2D eigenvalue weighted by Gasteiger charge is -2.15. The van der Waals surface area contributed by atoms with Gasteiger partial charge in [-0.1, -0.05) is 46.1 Å². The molecular weight excluding hydrogens is 144 g/mol. The van der Waals surface area contributed by atoms with Crippen molar-refractivity contribution in [3.05, 3.63) is 12.7 Å². The van der Waals surface area contributed by atoms with Gasteiger partial charge in [0.15, 0.2) is 0 Å². The number of allylic oxidation sites excluding steroid dienone is 1. The maximum absolute atomic E-state index is 3.90. The molecular formula is C12H24.